The highest BCUT2D eigenvalue weighted by Gasteiger charge is 2.16. The number of nitrogens with two attached hydrogens (primary N) is 1. The van der Waals surface area contributed by atoms with Gasteiger partial charge in [0.15, 0.2) is 0 Å². The van der Waals surface area contributed by atoms with E-state index in [4.69, 9.17) is 15.9 Å². The zero-order valence-electron chi connectivity index (χ0n) is 13.5. The van der Waals surface area contributed by atoms with Crippen LogP contribution in [0.3, 0.4) is 0 Å². The molecule has 1 aliphatic rings. The van der Waals surface area contributed by atoms with Crippen molar-refractivity contribution in [1.82, 2.24) is 4.98 Å². The van der Waals surface area contributed by atoms with Crippen molar-refractivity contribution in [3.05, 3.63) is 59.9 Å². The van der Waals surface area contributed by atoms with Crippen LogP contribution in [0.2, 0.25) is 0 Å². The summed E-state index contributed by atoms with van der Waals surface area (Å²) in [6, 6.07) is 11.2. The topological polar surface area (TPSA) is 84.0 Å². The maximum absolute atomic E-state index is 8.37. The van der Waals surface area contributed by atoms with Crippen molar-refractivity contribution in [2.24, 2.45) is 0 Å². The van der Waals surface area contributed by atoms with Gasteiger partial charge in [0.25, 0.3) is 0 Å². The lowest BCUT2D eigenvalue weighted by atomic mass is 10.1. The van der Waals surface area contributed by atoms with Crippen molar-refractivity contribution in [2.45, 2.75) is 25.5 Å². The Hall–Kier alpha value is -2.66. The summed E-state index contributed by atoms with van der Waals surface area (Å²) in [7, 11) is 0. The minimum atomic E-state index is -0.0214. The van der Waals surface area contributed by atoms with E-state index in [0.29, 0.717) is 11.4 Å². The summed E-state index contributed by atoms with van der Waals surface area (Å²) >= 11 is 0. The first kappa shape index (κ1) is 16.2. The number of hydrogen-bond donors (Lipinski definition) is 3. The van der Waals surface area contributed by atoms with Crippen molar-refractivity contribution in [1.29, 1.82) is 5.41 Å². The van der Waals surface area contributed by atoms with Crippen LogP contribution in [0.5, 0.6) is 0 Å². The van der Waals surface area contributed by atoms with Crippen molar-refractivity contribution < 1.29 is 4.74 Å². The third-order valence-corrected chi connectivity index (χ3v) is 3.94. The minimum absolute atomic E-state index is 0.0214. The highest BCUT2D eigenvalue weighted by atomic mass is 16.5. The van der Waals surface area contributed by atoms with E-state index in [2.05, 4.69) is 10.3 Å². The van der Waals surface area contributed by atoms with Crippen LogP contribution in [0.15, 0.2) is 48.7 Å². The van der Waals surface area contributed by atoms with E-state index in [1.54, 1.807) is 12.3 Å². The van der Waals surface area contributed by atoms with E-state index in [1.807, 2.05) is 42.5 Å². The van der Waals surface area contributed by atoms with Crippen molar-refractivity contribution in [3.8, 4) is 0 Å². The Balaban J connectivity index is 1.78. The molecule has 0 amide bonds. The van der Waals surface area contributed by atoms with E-state index in [0.717, 1.165) is 42.8 Å². The fraction of sp³-hybridized carbons (Fsp3) is 0.263. The molecule has 1 aromatic carbocycles. The fourth-order valence-corrected chi connectivity index (χ4v) is 2.68. The predicted octanol–water partition coefficient (Wildman–Crippen LogP) is 3.68. The van der Waals surface area contributed by atoms with Gasteiger partial charge < -0.3 is 21.2 Å². The van der Waals surface area contributed by atoms with E-state index in [1.165, 1.54) is 0 Å². The standard InChI is InChI=1S/C19H22N4O/c20-14-7-9-16(17(21)10-8-15-5-1-3-11-22-15)18(13-14)23-19-6-2-4-12-24-19/h1,3,5,7-11,13,19,21,23H,2,4,6,12,20H2/b10-8+,21-17?. The highest BCUT2D eigenvalue weighted by Crippen LogP contribution is 2.24. The molecule has 1 fully saturated rings. The van der Waals surface area contributed by atoms with Gasteiger partial charge in [-0.25, -0.2) is 0 Å². The van der Waals surface area contributed by atoms with Gasteiger partial charge in [0, 0.05) is 29.7 Å². The Morgan fingerprint density at radius 3 is 2.96 bits per heavy atom. The monoisotopic (exact) mass is 322 g/mol. The zero-order chi connectivity index (χ0) is 16.8. The van der Waals surface area contributed by atoms with Crippen LogP contribution < -0.4 is 11.1 Å². The lowest BCUT2D eigenvalue weighted by Gasteiger charge is -2.25. The van der Waals surface area contributed by atoms with E-state index < -0.39 is 0 Å². The molecule has 1 atom stereocenters. The van der Waals surface area contributed by atoms with Crippen molar-refractivity contribution in [3.63, 3.8) is 0 Å². The number of pyridine rings is 1. The first-order chi connectivity index (χ1) is 11.7. The average Bonchev–Trinajstić information content (AvgIpc) is 2.62. The molecule has 1 aromatic heterocycles. The average molecular weight is 322 g/mol. The number of allylic oxidation sites excluding steroid dienone is 1. The smallest absolute Gasteiger partial charge is 0.127 e. The maximum Gasteiger partial charge on any atom is 0.127 e. The second-order valence-electron chi connectivity index (χ2n) is 5.81. The number of anilines is 2. The quantitative estimate of drug-likeness (QED) is 0.579. The number of nitrogens with one attached hydrogen (secondary N) is 2. The summed E-state index contributed by atoms with van der Waals surface area (Å²) in [5.74, 6) is 0. The van der Waals surface area contributed by atoms with Gasteiger partial charge in [-0.05, 0) is 61.7 Å². The molecule has 3 rings (SSSR count). The summed E-state index contributed by atoms with van der Waals surface area (Å²) in [6.07, 6.45) is 8.51. The molecule has 0 bridgehead atoms. The minimum Gasteiger partial charge on any atom is -0.399 e. The van der Waals surface area contributed by atoms with Crippen LogP contribution >= 0.6 is 0 Å². The van der Waals surface area contributed by atoms with Crippen LogP contribution in [0.1, 0.15) is 30.5 Å². The fourth-order valence-electron chi connectivity index (χ4n) is 2.68. The summed E-state index contributed by atoms with van der Waals surface area (Å²) < 4.78 is 5.74. The molecule has 2 aromatic rings. The number of rotatable bonds is 5. The van der Waals surface area contributed by atoms with E-state index >= 15 is 0 Å². The van der Waals surface area contributed by atoms with Crippen molar-refractivity contribution >= 4 is 23.2 Å². The molecule has 2 heterocycles. The molecule has 1 saturated heterocycles. The summed E-state index contributed by atoms with van der Waals surface area (Å²) in [5.41, 5.74) is 9.44. The number of hydrogen-bond acceptors (Lipinski definition) is 5. The molecule has 4 N–H and O–H groups in total. The molecule has 1 aliphatic heterocycles. The van der Waals surface area contributed by atoms with Gasteiger partial charge in [-0.2, -0.15) is 0 Å². The summed E-state index contributed by atoms with van der Waals surface area (Å²) in [5, 5.41) is 11.7. The first-order valence-electron chi connectivity index (χ1n) is 8.18. The molecule has 5 heteroatoms. The van der Waals surface area contributed by atoms with Crippen LogP contribution in [0, 0.1) is 5.41 Å². The second-order valence-corrected chi connectivity index (χ2v) is 5.81. The molecule has 0 saturated carbocycles. The largest absolute Gasteiger partial charge is 0.399 e. The van der Waals surface area contributed by atoms with E-state index in [9.17, 15) is 0 Å². The number of nitrogens with zero attached hydrogens (tertiary/aromatic N) is 1. The second kappa shape index (κ2) is 7.75. The van der Waals surface area contributed by atoms with Crippen LogP contribution in [-0.2, 0) is 4.74 Å². The third-order valence-electron chi connectivity index (χ3n) is 3.94. The first-order valence-corrected chi connectivity index (χ1v) is 8.18. The molecule has 124 valence electrons. The Kier molecular flexibility index (Phi) is 5.23. The normalized spacial score (nSPS) is 17.8. The Morgan fingerprint density at radius 1 is 1.29 bits per heavy atom. The molecule has 0 radical (unpaired) electrons. The van der Waals surface area contributed by atoms with Gasteiger partial charge in [0.1, 0.15) is 6.23 Å². The molecule has 0 aliphatic carbocycles. The van der Waals surface area contributed by atoms with Gasteiger partial charge >= 0.3 is 0 Å². The molecule has 24 heavy (non-hydrogen) atoms. The molecular formula is C19H22N4O. The lowest BCUT2D eigenvalue weighted by Crippen LogP contribution is -2.28. The number of nitrogen functional groups attached to an aromatic ring is 1. The van der Waals surface area contributed by atoms with Gasteiger partial charge in [0.05, 0.1) is 11.4 Å². The SMILES string of the molecule is N=C(/C=C/c1ccccn1)c1ccc(N)cc1NC1CCCCO1. The maximum atomic E-state index is 8.37. The highest BCUT2D eigenvalue weighted by molar-refractivity contribution is 6.12. The Labute approximate surface area is 142 Å². The van der Waals surface area contributed by atoms with Gasteiger partial charge in [0.2, 0.25) is 0 Å². The van der Waals surface area contributed by atoms with Gasteiger partial charge in [-0.1, -0.05) is 6.07 Å². The number of benzene rings is 1. The molecule has 0 spiro atoms. The number of aromatic nitrogens is 1. The van der Waals surface area contributed by atoms with E-state index in [-0.39, 0.29) is 6.23 Å². The molecule has 5 nitrogen and oxygen atoms in total. The molecule has 1 unspecified atom stereocenters. The summed E-state index contributed by atoms with van der Waals surface area (Å²) in [6.45, 7) is 0.770. The summed E-state index contributed by atoms with van der Waals surface area (Å²) in [4.78, 5) is 4.24. The third kappa shape index (κ3) is 4.20. The number of ether oxygens (including phenoxy) is 1. The van der Waals surface area contributed by atoms with Crippen LogP contribution in [-0.4, -0.2) is 23.5 Å². The Morgan fingerprint density at radius 2 is 2.21 bits per heavy atom. The van der Waals surface area contributed by atoms with Crippen molar-refractivity contribution in [2.75, 3.05) is 17.7 Å². The zero-order valence-corrected chi connectivity index (χ0v) is 13.5. The van der Waals surface area contributed by atoms with Gasteiger partial charge in [-0.3, -0.25) is 4.98 Å². The predicted molar refractivity (Wildman–Crippen MR) is 98.2 cm³/mol. The van der Waals surface area contributed by atoms with Gasteiger partial charge in [-0.15, -0.1) is 0 Å². The molecular weight excluding hydrogens is 300 g/mol. The Bertz CT molecular complexity index is 721. The lowest BCUT2D eigenvalue weighted by molar-refractivity contribution is 0.0343. The van der Waals surface area contributed by atoms with Crippen LogP contribution in [0.25, 0.3) is 6.08 Å². The van der Waals surface area contributed by atoms with Crippen LogP contribution in [0.4, 0.5) is 11.4 Å².